The highest BCUT2D eigenvalue weighted by Crippen LogP contribution is 2.29. The second-order valence-electron chi connectivity index (χ2n) is 8.02. The van der Waals surface area contributed by atoms with Gasteiger partial charge in [0.1, 0.15) is 5.75 Å². The van der Waals surface area contributed by atoms with Gasteiger partial charge in [-0.3, -0.25) is 9.20 Å². The Morgan fingerprint density at radius 1 is 1.34 bits per heavy atom. The predicted octanol–water partition coefficient (Wildman–Crippen LogP) is 3.38. The number of anilines is 1. The minimum absolute atomic E-state index is 0. The fourth-order valence-corrected chi connectivity index (χ4v) is 4.13. The largest absolute Gasteiger partial charge is 0.495 e. The van der Waals surface area contributed by atoms with E-state index >= 15 is 0 Å². The van der Waals surface area contributed by atoms with Crippen LogP contribution in [0.5, 0.6) is 5.75 Å². The van der Waals surface area contributed by atoms with E-state index < -0.39 is 10.8 Å². The van der Waals surface area contributed by atoms with Crippen LogP contribution in [0.3, 0.4) is 0 Å². The first-order chi connectivity index (χ1) is 13.3. The van der Waals surface area contributed by atoms with Crippen molar-refractivity contribution in [3.8, 4) is 5.75 Å². The predicted molar refractivity (Wildman–Crippen MR) is 136 cm³/mol. The number of ether oxygens (including phenoxy) is 1. The van der Waals surface area contributed by atoms with Gasteiger partial charge < -0.3 is 20.3 Å². The Morgan fingerprint density at radius 2 is 2.07 bits per heavy atom. The molecule has 29 heavy (non-hydrogen) atoms. The van der Waals surface area contributed by atoms with E-state index in [0.29, 0.717) is 18.3 Å². The first-order valence-corrected chi connectivity index (χ1v) is 11.5. The van der Waals surface area contributed by atoms with Gasteiger partial charge >= 0.3 is 0 Å². The van der Waals surface area contributed by atoms with Gasteiger partial charge in [-0.2, -0.15) is 0 Å². The molecule has 1 aliphatic heterocycles. The van der Waals surface area contributed by atoms with Crippen LogP contribution in [0.15, 0.2) is 29.3 Å². The average molecular weight is 537 g/mol. The maximum Gasteiger partial charge on any atom is 0.191 e. The number of hydrogen-bond acceptors (Lipinski definition) is 4. The quantitative estimate of drug-likeness (QED) is 0.318. The number of piperidine rings is 1. The number of halogens is 1. The molecular weight excluding hydrogens is 499 g/mol. The molecule has 0 spiro atoms. The molecule has 0 aliphatic carbocycles. The van der Waals surface area contributed by atoms with Crippen molar-refractivity contribution in [2.45, 2.75) is 51.3 Å². The van der Waals surface area contributed by atoms with Crippen LogP contribution in [0.1, 0.15) is 40.5 Å². The number of hydrogen-bond donors (Lipinski definition) is 2. The van der Waals surface area contributed by atoms with Crippen LogP contribution >= 0.6 is 24.0 Å². The zero-order valence-corrected chi connectivity index (χ0v) is 21.5. The van der Waals surface area contributed by atoms with Crippen molar-refractivity contribution in [2.24, 2.45) is 4.99 Å². The maximum absolute atomic E-state index is 12.2. The number of rotatable bonds is 7. The third-order valence-corrected chi connectivity index (χ3v) is 6.68. The molecule has 1 saturated heterocycles. The van der Waals surface area contributed by atoms with Crippen LogP contribution in [0.25, 0.3) is 0 Å². The Hall–Kier alpha value is -1.03. The average Bonchev–Trinajstić information content (AvgIpc) is 2.67. The van der Waals surface area contributed by atoms with Crippen molar-refractivity contribution in [2.75, 3.05) is 43.9 Å². The molecule has 0 saturated carbocycles. The lowest BCUT2D eigenvalue weighted by Crippen LogP contribution is -2.51. The Labute approximate surface area is 195 Å². The lowest BCUT2D eigenvalue weighted by atomic mass is 10.0. The van der Waals surface area contributed by atoms with Gasteiger partial charge in [0, 0.05) is 47.0 Å². The van der Waals surface area contributed by atoms with Crippen LogP contribution < -0.4 is 20.3 Å². The van der Waals surface area contributed by atoms with E-state index in [-0.39, 0.29) is 28.7 Å². The monoisotopic (exact) mass is 536 g/mol. The highest BCUT2D eigenvalue weighted by molar-refractivity contribution is 14.0. The van der Waals surface area contributed by atoms with E-state index in [4.69, 9.17) is 4.74 Å². The smallest absolute Gasteiger partial charge is 0.191 e. The first kappa shape index (κ1) is 26.0. The van der Waals surface area contributed by atoms with Crippen LogP contribution in [-0.4, -0.2) is 60.0 Å². The molecule has 166 valence electrons. The van der Waals surface area contributed by atoms with E-state index in [1.165, 1.54) is 0 Å². The number of aliphatic imine (C=N–C) groups is 1. The second-order valence-corrected chi connectivity index (χ2v) is 10.3. The van der Waals surface area contributed by atoms with E-state index in [0.717, 1.165) is 49.9 Å². The summed E-state index contributed by atoms with van der Waals surface area (Å²) in [5.74, 6) is 2.30. The highest BCUT2D eigenvalue weighted by Gasteiger charge is 2.23. The number of benzene rings is 1. The maximum atomic E-state index is 12.2. The third-order valence-electron chi connectivity index (χ3n) is 4.76. The van der Waals surface area contributed by atoms with Gasteiger partial charge in [0.15, 0.2) is 5.96 Å². The molecule has 6 nitrogen and oxygen atoms in total. The van der Waals surface area contributed by atoms with Gasteiger partial charge in [-0.25, -0.2) is 0 Å². The van der Waals surface area contributed by atoms with Gasteiger partial charge in [0.25, 0.3) is 0 Å². The van der Waals surface area contributed by atoms with Gasteiger partial charge in [-0.15, -0.1) is 24.0 Å². The van der Waals surface area contributed by atoms with E-state index in [1.54, 1.807) is 7.11 Å². The van der Waals surface area contributed by atoms with Gasteiger partial charge in [-0.05, 0) is 52.7 Å². The lowest BCUT2D eigenvalue weighted by Gasteiger charge is -2.36. The molecule has 2 N–H and O–H groups in total. The first-order valence-electron chi connectivity index (χ1n) is 10.2. The number of nitrogens with zero attached hydrogens (tertiary/aromatic N) is 2. The second kappa shape index (κ2) is 12.6. The van der Waals surface area contributed by atoms with Crippen LogP contribution in [0, 0.1) is 0 Å². The van der Waals surface area contributed by atoms with Crippen LogP contribution in [0.2, 0.25) is 0 Å². The van der Waals surface area contributed by atoms with Crippen LogP contribution in [0.4, 0.5) is 5.69 Å². The van der Waals surface area contributed by atoms with E-state index in [1.807, 2.05) is 32.9 Å². The van der Waals surface area contributed by atoms with Crippen molar-refractivity contribution >= 4 is 46.4 Å². The van der Waals surface area contributed by atoms with Gasteiger partial charge in [-0.1, -0.05) is 12.1 Å². The molecule has 1 fully saturated rings. The molecule has 2 atom stereocenters. The summed E-state index contributed by atoms with van der Waals surface area (Å²) in [5.41, 5.74) is 1.14. The zero-order chi connectivity index (χ0) is 20.6. The van der Waals surface area contributed by atoms with Gasteiger partial charge in [0.2, 0.25) is 0 Å². The standard InChI is InChI=1S/C21H36N4O2S.HI/c1-6-22-20(23-13-15-28(26)21(2,3)4)24-17-10-9-14-25(16-17)18-11-7-8-12-19(18)27-5;/h7-8,11-12,17H,6,9-10,13-16H2,1-5H3,(H2,22,23,24);1H. The van der Waals surface area contributed by atoms with Crippen molar-refractivity contribution in [3.63, 3.8) is 0 Å². The number of nitrogens with one attached hydrogen (secondary N) is 2. The molecule has 1 aliphatic rings. The number of para-hydroxylation sites is 2. The fraction of sp³-hybridized carbons (Fsp3) is 0.667. The molecule has 8 heteroatoms. The topological polar surface area (TPSA) is 66.0 Å². The summed E-state index contributed by atoms with van der Waals surface area (Å²) < 4.78 is 17.6. The van der Waals surface area contributed by atoms with Crippen molar-refractivity contribution < 1.29 is 8.95 Å². The molecule has 1 aromatic carbocycles. The minimum atomic E-state index is -0.884. The Kier molecular flexibility index (Phi) is 11.3. The summed E-state index contributed by atoms with van der Waals surface area (Å²) in [6.07, 6.45) is 2.22. The summed E-state index contributed by atoms with van der Waals surface area (Å²) in [4.78, 5) is 7.02. The Bertz CT molecular complexity index is 679. The number of guanidine groups is 1. The zero-order valence-electron chi connectivity index (χ0n) is 18.4. The Balaban J connectivity index is 0.00000420. The molecule has 0 radical (unpaired) electrons. The van der Waals surface area contributed by atoms with E-state index in [9.17, 15) is 4.21 Å². The lowest BCUT2D eigenvalue weighted by molar-refractivity contribution is 0.408. The summed E-state index contributed by atoms with van der Waals surface area (Å²) in [7, 11) is 0.835. The minimum Gasteiger partial charge on any atom is -0.495 e. The highest BCUT2D eigenvalue weighted by atomic mass is 127. The molecule has 0 aromatic heterocycles. The molecule has 1 aromatic rings. The molecule has 0 bridgehead atoms. The molecular formula is C21H37IN4O2S. The SMILES string of the molecule is CCNC(=NCCS(=O)C(C)(C)C)NC1CCCN(c2ccccc2OC)C1.I. The third kappa shape index (κ3) is 8.32. The summed E-state index contributed by atoms with van der Waals surface area (Å²) in [6, 6.07) is 8.48. The number of methoxy groups -OCH3 is 1. The van der Waals surface area contributed by atoms with Crippen LogP contribution in [-0.2, 0) is 10.8 Å². The molecule has 2 rings (SSSR count). The van der Waals surface area contributed by atoms with Crippen molar-refractivity contribution in [1.29, 1.82) is 0 Å². The van der Waals surface area contributed by atoms with Crippen molar-refractivity contribution in [3.05, 3.63) is 24.3 Å². The molecule has 1 heterocycles. The van der Waals surface area contributed by atoms with E-state index in [2.05, 4.69) is 39.6 Å². The van der Waals surface area contributed by atoms with Crippen molar-refractivity contribution in [1.82, 2.24) is 10.6 Å². The summed E-state index contributed by atoms with van der Waals surface area (Å²) >= 11 is 0. The Morgan fingerprint density at radius 3 is 2.72 bits per heavy atom. The molecule has 0 amide bonds. The normalized spacial score (nSPS) is 18.6. The molecule has 2 unspecified atom stereocenters. The summed E-state index contributed by atoms with van der Waals surface area (Å²) in [5, 5.41) is 6.88. The fourth-order valence-electron chi connectivity index (χ4n) is 3.26. The summed E-state index contributed by atoms with van der Waals surface area (Å²) in [6.45, 7) is 11.4. The van der Waals surface area contributed by atoms with Gasteiger partial charge in [0.05, 0.1) is 19.3 Å².